The minimum Gasteiger partial charge on any atom is -0.478 e. The Balaban J connectivity index is 2.09. The van der Waals surface area contributed by atoms with E-state index in [-0.39, 0.29) is 12.1 Å². The van der Waals surface area contributed by atoms with Crippen LogP contribution >= 0.6 is 0 Å². The van der Waals surface area contributed by atoms with Gasteiger partial charge in [0.05, 0.1) is 22.5 Å². The highest BCUT2D eigenvalue weighted by Gasteiger charge is 2.20. The summed E-state index contributed by atoms with van der Waals surface area (Å²) in [5.41, 5.74) is 8.37. The van der Waals surface area contributed by atoms with Crippen LogP contribution in [0.1, 0.15) is 47.2 Å². The molecule has 7 nitrogen and oxygen atoms in total. The van der Waals surface area contributed by atoms with Gasteiger partial charge in [-0.15, -0.1) is 0 Å². The van der Waals surface area contributed by atoms with E-state index >= 15 is 0 Å². The molecule has 7 heteroatoms. The highest BCUT2D eigenvalue weighted by atomic mass is 16.6. The van der Waals surface area contributed by atoms with Gasteiger partial charge in [0.2, 0.25) is 0 Å². The van der Waals surface area contributed by atoms with Gasteiger partial charge in [-0.3, -0.25) is 0 Å². The Morgan fingerprint density at radius 2 is 1.93 bits per heavy atom. The van der Waals surface area contributed by atoms with Gasteiger partial charge >= 0.3 is 11.9 Å². The summed E-state index contributed by atoms with van der Waals surface area (Å²) in [6.07, 6.45) is 1.72. The molecular weight excluding hydrogens is 346 g/mol. The first-order valence-electron chi connectivity index (χ1n) is 8.48. The van der Waals surface area contributed by atoms with Crippen LogP contribution in [0.2, 0.25) is 0 Å². The van der Waals surface area contributed by atoms with E-state index in [0.29, 0.717) is 22.5 Å². The Labute approximate surface area is 156 Å². The lowest BCUT2D eigenvalue weighted by atomic mass is 10.1. The van der Waals surface area contributed by atoms with Crippen LogP contribution in [0.5, 0.6) is 0 Å². The number of nitrogens with two attached hydrogens (primary N) is 1. The number of benzene rings is 1. The monoisotopic (exact) mass is 367 g/mol. The van der Waals surface area contributed by atoms with Crippen LogP contribution in [0.25, 0.3) is 16.9 Å². The van der Waals surface area contributed by atoms with Gasteiger partial charge in [0.25, 0.3) is 0 Å². The molecule has 0 saturated carbocycles. The van der Waals surface area contributed by atoms with E-state index in [2.05, 4.69) is 4.98 Å². The second-order valence-electron chi connectivity index (χ2n) is 7.14. The average molecular weight is 367 g/mol. The van der Waals surface area contributed by atoms with E-state index in [1.807, 2.05) is 0 Å². The van der Waals surface area contributed by atoms with Gasteiger partial charge < -0.3 is 20.0 Å². The predicted octanol–water partition coefficient (Wildman–Crippen LogP) is 3.11. The molecule has 0 amide bonds. The summed E-state index contributed by atoms with van der Waals surface area (Å²) in [5, 5.41) is 9.21. The van der Waals surface area contributed by atoms with Crippen molar-refractivity contribution in [1.29, 1.82) is 0 Å². The molecule has 0 aliphatic rings. The predicted molar refractivity (Wildman–Crippen MR) is 101 cm³/mol. The maximum Gasteiger partial charge on any atom is 0.338 e. The van der Waals surface area contributed by atoms with Crippen molar-refractivity contribution in [3.63, 3.8) is 0 Å². The Kier molecular flexibility index (Phi) is 4.72. The van der Waals surface area contributed by atoms with Crippen molar-refractivity contribution in [2.45, 2.75) is 32.9 Å². The topological polar surface area (TPSA) is 107 Å². The van der Waals surface area contributed by atoms with Gasteiger partial charge in [0.1, 0.15) is 11.2 Å². The lowest BCUT2D eigenvalue weighted by Crippen LogP contribution is -2.23. The molecular formula is C20H21N3O4. The number of hydrogen-bond acceptors (Lipinski definition) is 5. The Morgan fingerprint density at radius 1 is 1.19 bits per heavy atom. The van der Waals surface area contributed by atoms with E-state index < -0.39 is 17.5 Å². The quantitative estimate of drug-likeness (QED) is 0.686. The first kappa shape index (κ1) is 18.6. The number of aromatic carboxylic acids is 1. The lowest BCUT2D eigenvalue weighted by molar-refractivity contribution is 0.00693. The van der Waals surface area contributed by atoms with E-state index in [4.69, 9.17) is 10.5 Å². The van der Waals surface area contributed by atoms with Crippen molar-refractivity contribution >= 4 is 17.6 Å². The highest BCUT2D eigenvalue weighted by molar-refractivity contribution is 5.91. The van der Waals surface area contributed by atoms with Gasteiger partial charge in [-0.1, -0.05) is 12.1 Å². The number of rotatable bonds is 4. The van der Waals surface area contributed by atoms with Crippen LogP contribution in [0.15, 0.2) is 42.6 Å². The molecule has 0 radical (unpaired) electrons. The molecule has 0 saturated heterocycles. The fourth-order valence-corrected chi connectivity index (χ4v) is 2.79. The molecule has 0 atom stereocenters. The number of imidazole rings is 1. The van der Waals surface area contributed by atoms with Crippen LogP contribution in [-0.2, 0) is 11.3 Å². The molecule has 0 unspecified atom stereocenters. The number of aromatic nitrogens is 2. The van der Waals surface area contributed by atoms with Gasteiger partial charge in [0, 0.05) is 18.3 Å². The molecule has 3 N–H and O–H groups in total. The van der Waals surface area contributed by atoms with E-state index in [0.717, 1.165) is 5.69 Å². The molecule has 3 rings (SSSR count). The van der Waals surface area contributed by atoms with E-state index in [9.17, 15) is 14.7 Å². The number of pyridine rings is 1. The minimum absolute atomic E-state index is 0.168. The maximum absolute atomic E-state index is 12.3. The van der Waals surface area contributed by atoms with Crippen LogP contribution in [0.3, 0.4) is 0 Å². The van der Waals surface area contributed by atoms with Crippen LogP contribution < -0.4 is 5.73 Å². The van der Waals surface area contributed by atoms with Crippen LogP contribution in [0, 0.1) is 0 Å². The zero-order valence-electron chi connectivity index (χ0n) is 15.4. The summed E-state index contributed by atoms with van der Waals surface area (Å²) >= 11 is 0. The van der Waals surface area contributed by atoms with Gasteiger partial charge in [-0.2, -0.15) is 0 Å². The maximum atomic E-state index is 12.3. The van der Waals surface area contributed by atoms with Gasteiger partial charge in [-0.05, 0) is 45.0 Å². The first-order chi connectivity index (χ1) is 12.7. The molecule has 0 aliphatic carbocycles. The molecule has 140 valence electrons. The van der Waals surface area contributed by atoms with Crippen molar-refractivity contribution in [3.8, 4) is 11.3 Å². The highest BCUT2D eigenvalue weighted by Crippen LogP contribution is 2.26. The molecule has 0 bridgehead atoms. The number of fused-ring (bicyclic) bond motifs is 1. The third kappa shape index (κ3) is 3.83. The Bertz CT molecular complexity index is 1030. The van der Waals surface area contributed by atoms with E-state index in [1.54, 1.807) is 61.7 Å². The fraction of sp³-hybridized carbons (Fsp3) is 0.250. The average Bonchev–Trinajstić information content (AvgIpc) is 2.98. The van der Waals surface area contributed by atoms with Crippen LogP contribution in [0.4, 0.5) is 0 Å². The van der Waals surface area contributed by atoms with Crippen molar-refractivity contribution in [2.24, 2.45) is 5.73 Å². The zero-order chi connectivity index (χ0) is 19.8. The standard InChI is InChI=1S/C20H21N3O4/c1-20(2,3)27-19(26)14-7-8-23-15(11-21)17(22-16(23)10-14)12-5-4-6-13(9-12)18(24)25/h4-10H,11,21H2,1-3H3,(H,24,25). The number of nitrogens with zero attached hydrogens (tertiary/aromatic N) is 2. The zero-order valence-corrected chi connectivity index (χ0v) is 15.4. The number of carbonyl (C=O) groups excluding carboxylic acids is 1. The Hall–Kier alpha value is -3.19. The smallest absolute Gasteiger partial charge is 0.338 e. The lowest BCUT2D eigenvalue weighted by Gasteiger charge is -2.19. The summed E-state index contributed by atoms with van der Waals surface area (Å²) in [6, 6.07) is 9.80. The minimum atomic E-state index is -1.01. The summed E-state index contributed by atoms with van der Waals surface area (Å²) in [6.45, 7) is 5.62. The fourth-order valence-electron chi connectivity index (χ4n) is 2.79. The molecule has 3 aromatic rings. The SMILES string of the molecule is CC(C)(C)OC(=O)c1ccn2c(CN)c(-c3cccc(C(=O)O)c3)nc2c1. The number of carbonyl (C=O) groups is 2. The number of carboxylic acids is 1. The number of ether oxygens (including phenoxy) is 1. The summed E-state index contributed by atoms with van der Waals surface area (Å²) in [5.74, 6) is -1.45. The summed E-state index contributed by atoms with van der Waals surface area (Å²) < 4.78 is 7.19. The van der Waals surface area contributed by atoms with E-state index in [1.165, 1.54) is 6.07 Å². The van der Waals surface area contributed by atoms with Crippen molar-refractivity contribution < 1.29 is 19.4 Å². The largest absolute Gasteiger partial charge is 0.478 e. The third-order valence-electron chi connectivity index (χ3n) is 3.94. The van der Waals surface area contributed by atoms with Gasteiger partial charge in [0.15, 0.2) is 0 Å². The van der Waals surface area contributed by atoms with Crippen molar-refractivity contribution in [3.05, 3.63) is 59.4 Å². The van der Waals surface area contributed by atoms with Gasteiger partial charge in [-0.25, -0.2) is 14.6 Å². The van der Waals surface area contributed by atoms with Crippen LogP contribution in [-0.4, -0.2) is 32.0 Å². The number of carboxylic acid groups (broad SMARTS) is 1. The molecule has 0 aliphatic heterocycles. The second-order valence-corrected chi connectivity index (χ2v) is 7.14. The van der Waals surface area contributed by atoms with Crippen molar-refractivity contribution in [1.82, 2.24) is 9.38 Å². The molecule has 0 spiro atoms. The molecule has 2 heterocycles. The first-order valence-corrected chi connectivity index (χ1v) is 8.48. The molecule has 27 heavy (non-hydrogen) atoms. The second kappa shape index (κ2) is 6.85. The Morgan fingerprint density at radius 3 is 2.56 bits per heavy atom. The summed E-state index contributed by atoms with van der Waals surface area (Å²) in [7, 11) is 0. The number of esters is 1. The number of hydrogen-bond donors (Lipinski definition) is 2. The normalized spacial score (nSPS) is 11.6. The van der Waals surface area contributed by atoms with Crippen molar-refractivity contribution in [2.75, 3.05) is 0 Å². The molecule has 2 aromatic heterocycles. The third-order valence-corrected chi connectivity index (χ3v) is 3.94. The summed E-state index contributed by atoms with van der Waals surface area (Å²) in [4.78, 5) is 28.1. The molecule has 0 fully saturated rings. The molecule has 1 aromatic carbocycles.